The molecule has 0 amide bonds. The second-order valence-corrected chi connectivity index (χ2v) is 9.45. The number of nitrogens with one attached hydrogen (secondary N) is 1. The summed E-state index contributed by atoms with van der Waals surface area (Å²) in [5.74, 6) is -2.10. The molecule has 1 unspecified atom stereocenters. The summed E-state index contributed by atoms with van der Waals surface area (Å²) in [7, 11) is -4.76. The molecular weight excluding hydrogens is 492 g/mol. The molecule has 4 rings (SSSR count). The van der Waals surface area contributed by atoms with E-state index in [-0.39, 0.29) is 24.5 Å². The number of benzene rings is 1. The number of rotatable bonds is 8. The van der Waals surface area contributed by atoms with E-state index in [0.717, 1.165) is 33.6 Å². The van der Waals surface area contributed by atoms with Crippen molar-refractivity contribution in [1.82, 2.24) is 24.5 Å². The topological polar surface area (TPSA) is 202 Å². The number of ether oxygens (including phenoxy) is 2. The molecule has 35 heavy (non-hydrogen) atoms. The maximum atomic E-state index is 13.2. The first-order valence-electron chi connectivity index (χ1n) is 10.2. The molecule has 1 aliphatic rings. The van der Waals surface area contributed by atoms with Crippen molar-refractivity contribution in [1.29, 1.82) is 0 Å². The highest BCUT2D eigenvalue weighted by molar-refractivity contribution is 7.52. The Morgan fingerprint density at radius 1 is 1.17 bits per heavy atom. The fourth-order valence-electron chi connectivity index (χ4n) is 3.64. The van der Waals surface area contributed by atoms with E-state index in [9.17, 15) is 38.5 Å². The monoisotopic (exact) mass is 513 g/mol. The summed E-state index contributed by atoms with van der Waals surface area (Å²) >= 11 is 0. The molecular formula is C19H21FN5O9P. The molecule has 0 spiro atoms. The van der Waals surface area contributed by atoms with Crippen molar-refractivity contribution in [3.05, 3.63) is 80.6 Å². The van der Waals surface area contributed by atoms with Gasteiger partial charge in [0.05, 0.1) is 19.4 Å². The van der Waals surface area contributed by atoms with Crippen molar-refractivity contribution in [3.8, 4) is 0 Å². The van der Waals surface area contributed by atoms with E-state index in [4.69, 9.17) is 9.47 Å². The maximum Gasteiger partial charge on any atom is 0.354 e. The zero-order chi connectivity index (χ0) is 25.3. The van der Waals surface area contributed by atoms with Crippen LogP contribution in [0.3, 0.4) is 0 Å². The number of nitrogens with zero attached hydrogens (tertiary/aromatic N) is 4. The van der Waals surface area contributed by atoms with Crippen LogP contribution in [0.4, 0.5) is 4.39 Å². The number of aliphatic hydroxyl groups excluding tert-OH is 2. The number of aliphatic hydroxyl groups is 2. The molecule has 5 atom stereocenters. The minimum Gasteiger partial charge on any atom is -0.387 e. The molecule has 0 aliphatic carbocycles. The first kappa shape index (κ1) is 25.1. The van der Waals surface area contributed by atoms with Crippen LogP contribution >= 0.6 is 7.60 Å². The molecule has 1 aromatic carbocycles. The fraction of sp³-hybridized carbons (Fsp3) is 0.368. The molecule has 3 aromatic rings. The summed E-state index contributed by atoms with van der Waals surface area (Å²) < 4.78 is 38.1. The average Bonchev–Trinajstić information content (AvgIpc) is 3.34. The lowest BCUT2D eigenvalue weighted by atomic mass is 10.1. The van der Waals surface area contributed by atoms with Crippen LogP contribution in [-0.2, 0) is 20.6 Å². The maximum absolute atomic E-state index is 13.2. The normalized spacial score (nSPS) is 23.5. The van der Waals surface area contributed by atoms with Gasteiger partial charge in [0.1, 0.15) is 29.8 Å². The van der Waals surface area contributed by atoms with E-state index in [0.29, 0.717) is 0 Å². The van der Waals surface area contributed by atoms with Crippen LogP contribution in [0.5, 0.6) is 0 Å². The highest BCUT2D eigenvalue weighted by Crippen LogP contribution is 2.52. The Bertz CT molecular complexity index is 1340. The van der Waals surface area contributed by atoms with Gasteiger partial charge in [0.25, 0.3) is 5.56 Å². The van der Waals surface area contributed by atoms with E-state index in [1.54, 1.807) is 0 Å². The van der Waals surface area contributed by atoms with Gasteiger partial charge in [-0.15, -0.1) is 5.10 Å². The van der Waals surface area contributed by atoms with Crippen LogP contribution in [0.25, 0.3) is 0 Å². The third-order valence-electron chi connectivity index (χ3n) is 5.29. The van der Waals surface area contributed by atoms with Gasteiger partial charge in [-0.2, -0.15) is 0 Å². The Morgan fingerprint density at radius 2 is 1.89 bits per heavy atom. The summed E-state index contributed by atoms with van der Waals surface area (Å²) in [5, 5.41) is 28.1. The molecule has 2 aromatic heterocycles. The van der Waals surface area contributed by atoms with Gasteiger partial charge in [-0.05, 0) is 17.7 Å². The van der Waals surface area contributed by atoms with Crippen molar-refractivity contribution in [3.63, 3.8) is 0 Å². The molecule has 1 fully saturated rings. The standard InChI is InChI=1S/C19H21FN5O9P/c20-11-3-1-10(2-4-11)18(35(30,31)32)25-7-12(22-23-25)8-33-9-13-15(27)16(28)17(34-13)24-6-5-14(26)21-19(24)29/h1-7,13,15-18,27-28H,8-9H2,(H,21,26,29)(H2,30,31,32)/t13-,15-,16-,17-,18?/m1/s1. The minimum atomic E-state index is -4.76. The van der Waals surface area contributed by atoms with Gasteiger partial charge < -0.3 is 29.5 Å². The molecule has 14 nitrogen and oxygen atoms in total. The Kier molecular flexibility index (Phi) is 7.10. The van der Waals surface area contributed by atoms with Crippen LogP contribution < -0.4 is 11.2 Å². The molecule has 0 radical (unpaired) electrons. The second-order valence-electron chi connectivity index (χ2n) is 7.78. The Balaban J connectivity index is 1.41. The smallest absolute Gasteiger partial charge is 0.354 e. The van der Waals surface area contributed by atoms with Gasteiger partial charge in [-0.25, -0.2) is 13.9 Å². The van der Waals surface area contributed by atoms with E-state index in [2.05, 4.69) is 10.3 Å². The van der Waals surface area contributed by atoms with E-state index < -0.39 is 55.0 Å². The van der Waals surface area contributed by atoms with Crippen LogP contribution in [-0.4, -0.2) is 69.5 Å². The highest BCUT2D eigenvalue weighted by Gasteiger charge is 2.44. The van der Waals surface area contributed by atoms with Gasteiger partial charge in [-0.1, -0.05) is 17.3 Å². The summed E-state index contributed by atoms with van der Waals surface area (Å²) in [6.45, 7) is -0.428. The minimum absolute atomic E-state index is 0.122. The van der Waals surface area contributed by atoms with E-state index in [1.807, 2.05) is 4.98 Å². The number of hydrogen-bond acceptors (Lipinski definition) is 9. The lowest BCUT2D eigenvalue weighted by molar-refractivity contribution is -0.0714. The van der Waals surface area contributed by atoms with Gasteiger partial charge in [0.2, 0.25) is 0 Å². The Hall–Kier alpha value is -3.04. The fourth-order valence-corrected chi connectivity index (χ4v) is 4.62. The first-order chi connectivity index (χ1) is 16.5. The van der Waals surface area contributed by atoms with Crippen LogP contribution in [0.1, 0.15) is 23.3 Å². The zero-order valence-corrected chi connectivity index (χ0v) is 18.7. The molecule has 3 heterocycles. The van der Waals surface area contributed by atoms with Crippen molar-refractivity contribution in [2.45, 2.75) is 36.9 Å². The lowest BCUT2D eigenvalue weighted by Crippen LogP contribution is -2.37. The van der Waals surface area contributed by atoms with E-state index in [1.165, 1.54) is 18.3 Å². The predicted molar refractivity (Wildman–Crippen MR) is 114 cm³/mol. The summed E-state index contributed by atoms with van der Waals surface area (Å²) in [4.78, 5) is 44.7. The Morgan fingerprint density at radius 3 is 2.54 bits per heavy atom. The highest BCUT2D eigenvalue weighted by atomic mass is 31.2. The molecule has 1 aliphatic heterocycles. The SMILES string of the molecule is O=c1ccn([C@@H]2O[C@H](COCc3cn(C(c4ccc(F)cc4)P(=O)(O)O)nn3)[C@@H](O)[C@H]2O)c(=O)[nH]1. The number of halogens is 1. The Labute approximate surface area is 195 Å². The van der Waals surface area contributed by atoms with Crippen LogP contribution in [0.15, 0.2) is 52.3 Å². The van der Waals surface area contributed by atoms with Crippen molar-refractivity contribution < 1.29 is 38.4 Å². The zero-order valence-electron chi connectivity index (χ0n) is 17.8. The largest absolute Gasteiger partial charge is 0.387 e. The second kappa shape index (κ2) is 9.91. The molecule has 0 bridgehead atoms. The van der Waals surface area contributed by atoms with Crippen molar-refractivity contribution >= 4 is 7.60 Å². The summed E-state index contributed by atoms with van der Waals surface area (Å²) in [6, 6.07) is 5.65. The molecule has 1 saturated heterocycles. The predicted octanol–water partition coefficient (Wildman–Crippen LogP) is -1.17. The van der Waals surface area contributed by atoms with Crippen molar-refractivity contribution in [2.75, 3.05) is 6.61 Å². The van der Waals surface area contributed by atoms with Gasteiger partial charge >= 0.3 is 13.3 Å². The van der Waals surface area contributed by atoms with E-state index >= 15 is 0 Å². The number of hydrogen-bond donors (Lipinski definition) is 5. The summed E-state index contributed by atoms with van der Waals surface area (Å²) in [6.07, 6.45) is -2.81. The van der Waals surface area contributed by atoms with Gasteiger partial charge in [-0.3, -0.25) is 18.9 Å². The lowest BCUT2D eigenvalue weighted by Gasteiger charge is -2.18. The molecule has 188 valence electrons. The summed E-state index contributed by atoms with van der Waals surface area (Å²) in [5.41, 5.74) is -1.15. The van der Waals surface area contributed by atoms with Gasteiger partial charge in [0.15, 0.2) is 12.0 Å². The number of aromatic nitrogens is 5. The van der Waals surface area contributed by atoms with Crippen molar-refractivity contribution in [2.24, 2.45) is 0 Å². The van der Waals surface area contributed by atoms with Gasteiger partial charge in [0, 0.05) is 12.3 Å². The molecule has 5 N–H and O–H groups in total. The third-order valence-corrected chi connectivity index (χ3v) is 6.46. The number of H-pyrrole nitrogens is 1. The van der Waals surface area contributed by atoms with Crippen LogP contribution in [0.2, 0.25) is 0 Å². The average molecular weight is 513 g/mol. The molecule has 0 saturated carbocycles. The number of aromatic amines is 1. The third kappa shape index (κ3) is 5.46. The molecule has 16 heteroatoms. The van der Waals surface area contributed by atoms with Crippen LogP contribution in [0, 0.1) is 5.82 Å². The first-order valence-corrected chi connectivity index (χ1v) is 11.8. The quantitative estimate of drug-likeness (QED) is 0.227.